The Morgan fingerprint density at radius 1 is 0.852 bits per heavy atom. The van der Waals surface area contributed by atoms with E-state index in [1.54, 1.807) is 24.3 Å². The standard InChI is InChI=1S/C20H23N3O4/c1-13-4-7-16(12-14(13)2)21-18(24)10-11-19(25)22-23-20(26)15-5-8-17(27-3)9-6-15/h4-9,12H,10-11H2,1-3H3,(H,21,24)(H,22,25)(H,23,26). The Morgan fingerprint density at radius 2 is 1.52 bits per heavy atom. The van der Waals surface area contributed by atoms with Crippen molar-refractivity contribution in [2.75, 3.05) is 12.4 Å². The minimum atomic E-state index is -0.453. The summed E-state index contributed by atoms with van der Waals surface area (Å²) in [5.41, 5.74) is 7.89. The van der Waals surface area contributed by atoms with E-state index in [0.29, 0.717) is 17.0 Å². The van der Waals surface area contributed by atoms with Crippen LogP contribution in [-0.2, 0) is 9.59 Å². The van der Waals surface area contributed by atoms with E-state index in [1.807, 2.05) is 32.0 Å². The fraction of sp³-hybridized carbons (Fsp3) is 0.250. The van der Waals surface area contributed by atoms with Gasteiger partial charge in [0, 0.05) is 24.1 Å². The summed E-state index contributed by atoms with van der Waals surface area (Å²) in [6, 6.07) is 12.1. The molecule has 0 spiro atoms. The van der Waals surface area contributed by atoms with Crippen LogP contribution < -0.4 is 20.9 Å². The number of nitrogens with one attached hydrogen (secondary N) is 3. The highest BCUT2D eigenvalue weighted by Crippen LogP contribution is 2.14. The second kappa shape index (κ2) is 9.38. The highest BCUT2D eigenvalue weighted by atomic mass is 16.5. The van der Waals surface area contributed by atoms with Crippen LogP contribution in [0.1, 0.15) is 34.3 Å². The number of methoxy groups -OCH3 is 1. The van der Waals surface area contributed by atoms with Crippen LogP contribution in [0.5, 0.6) is 5.75 Å². The molecule has 0 heterocycles. The summed E-state index contributed by atoms with van der Waals surface area (Å²) < 4.78 is 5.02. The van der Waals surface area contributed by atoms with Crippen LogP contribution >= 0.6 is 0 Å². The zero-order chi connectivity index (χ0) is 19.8. The second-order valence-electron chi connectivity index (χ2n) is 6.08. The lowest BCUT2D eigenvalue weighted by Gasteiger charge is -2.09. The number of hydrazine groups is 1. The van der Waals surface area contributed by atoms with E-state index in [9.17, 15) is 14.4 Å². The lowest BCUT2D eigenvalue weighted by molar-refractivity contribution is -0.124. The zero-order valence-corrected chi connectivity index (χ0v) is 15.6. The largest absolute Gasteiger partial charge is 0.497 e. The first-order chi connectivity index (χ1) is 12.9. The Hall–Kier alpha value is -3.35. The number of anilines is 1. The van der Waals surface area contributed by atoms with Crippen molar-refractivity contribution >= 4 is 23.4 Å². The van der Waals surface area contributed by atoms with Crippen LogP contribution in [-0.4, -0.2) is 24.8 Å². The van der Waals surface area contributed by atoms with Crippen LogP contribution in [0, 0.1) is 13.8 Å². The Balaban J connectivity index is 1.74. The summed E-state index contributed by atoms with van der Waals surface area (Å²) in [4.78, 5) is 35.7. The number of hydrogen-bond acceptors (Lipinski definition) is 4. The molecule has 3 amide bonds. The van der Waals surface area contributed by atoms with Crippen molar-refractivity contribution in [3.05, 3.63) is 59.2 Å². The van der Waals surface area contributed by atoms with Crippen molar-refractivity contribution in [2.45, 2.75) is 26.7 Å². The Bertz CT molecular complexity index is 832. The molecular formula is C20H23N3O4. The molecule has 0 aromatic heterocycles. The molecule has 7 heteroatoms. The van der Waals surface area contributed by atoms with Crippen LogP contribution in [0.25, 0.3) is 0 Å². The summed E-state index contributed by atoms with van der Waals surface area (Å²) in [6.07, 6.45) is -0.0310. The third-order valence-corrected chi connectivity index (χ3v) is 4.04. The van der Waals surface area contributed by atoms with Gasteiger partial charge in [0.2, 0.25) is 11.8 Å². The van der Waals surface area contributed by atoms with Crippen LogP contribution in [0.15, 0.2) is 42.5 Å². The van der Waals surface area contributed by atoms with Gasteiger partial charge in [-0.1, -0.05) is 6.07 Å². The van der Waals surface area contributed by atoms with E-state index < -0.39 is 11.8 Å². The molecule has 7 nitrogen and oxygen atoms in total. The average molecular weight is 369 g/mol. The molecule has 0 atom stereocenters. The predicted octanol–water partition coefficient (Wildman–Crippen LogP) is 2.49. The molecule has 0 aliphatic rings. The average Bonchev–Trinajstić information content (AvgIpc) is 2.67. The summed E-state index contributed by atoms with van der Waals surface area (Å²) in [7, 11) is 1.53. The normalized spacial score (nSPS) is 10.0. The van der Waals surface area contributed by atoms with Crippen molar-refractivity contribution in [2.24, 2.45) is 0 Å². The summed E-state index contributed by atoms with van der Waals surface area (Å²) in [6.45, 7) is 3.95. The molecule has 2 aromatic rings. The molecule has 0 saturated heterocycles. The molecule has 142 valence electrons. The highest BCUT2D eigenvalue weighted by Gasteiger charge is 2.10. The van der Waals surface area contributed by atoms with E-state index >= 15 is 0 Å². The Labute approximate surface area is 158 Å². The zero-order valence-electron chi connectivity index (χ0n) is 15.6. The lowest BCUT2D eigenvalue weighted by atomic mass is 10.1. The predicted molar refractivity (Wildman–Crippen MR) is 102 cm³/mol. The van der Waals surface area contributed by atoms with Gasteiger partial charge in [0.15, 0.2) is 0 Å². The van der Waals surface area contributed by atoms with Gasteiger partial charge in [-0.25, -0.2) is 0 Å². The van der Waals surface area contributed by atoms with Gasteiger partial charge >= 0.3 is 0 Å². The Morgan fingerprint density at radius 3 is 2.15 bits per heavy atom. The van der Waals surface area contributed by atoms with Crippen LogP contribution in [0.4, 0.5) is 5.69 Å². The molecule has 0 aliphatic heterocycles. The highest BCUT2D eigenvalue weighted by molar-refractivity contribution is 5.96. The number of amides is 3. The summed E-state index contributed by atoms with van der Waals surface area (Å²) in [5.74, 6) is -0.544. The third kappa shape index (κ3) is 6.14. The first kappa shape index (κ1) is 20.0. The molecule has 0 saturated carbocycles. The minimum Gasteiger partial charge on any atom is -0.497 e. The number of carbonyl (C=O) groups is 3. The number of ether oxygens (including phenoxy) is 1. The van der Waals surface area contributed by atoms with E-state index in [2.05, 4.69) is 16.2 Å². The summed E-state index contributed by atoms with van der Waals surface area (Å²) in [5, 5.41) is 2.75. The van der Waals surface area contributed by atoms with Gasteiger partial charge in [-0.3, -0.25) is 25.2 Å². The molecule has 0 radical (unpaired) electrons. The molecule has 2 aromatic carbocycles. The molecule has 2 rings (SSSR count). The van der Waals surface area contributed by atoms with E-state index in [-0.39, 0.29) is 18.7 Å². The number of aryl methyl sites for hydroxylation is 2. The molecule has 0 fully saturated rings. The Kier molecular flexibility index (Phi) is 6.93. The van der Waals surface area contributed by atoms with Gasteiger partial charge in [-0.05, 0) is 61.4 Å². The molecule has 27 heavy (non-hydrogen) atoms. The van der Waals surface area contributed by atoms with Gasteiger partial charge in [-0.15, -0.1) is 0 Å². The fourth-order valence-corrected chi connectivity index (χ4v) is 2.27. The summed E-state index contributed by atoms with van der Waals surface area (Å²) >= 11 is 0. The smallest absolute Gasteiger partial charge is 0.269 e. The minimum absolute atomic E-state index is 0.0111. The van der Waals surface area contributed by atoms with Crippen molar-refractivity contribution in [1.29, 1.82) is 0 Å². The molecule has 0 unspecified atom stereocenters. The van der Waals surface area contributed by atoms with Gasteiger partial charge in [0.05, 0.1) is 7.11 Å². The topological polar surface area (TPSA) is 96.5 Å². The van der Waals surface area contributed by atoms with Gasteiger partial charge in [0.25, 0.3) is 5.91 Å². The maximum absolute atomic E-state index is 11.9. The quantitative estimate of drug-likeness (QED) is 0.682. The van der Waals surface area contributed by atoms with Crippen LogP contribution in [0.3, 0.4) is 0 Å². The molecular weight excluding hydrogens is 346 g/mol. The van der Waals surface area contributed by atoms with Crippen molar-refractivity contribution < 1.29 is 19.1 Å². The maximum atomic E-state index is 11.9. The van der Waals surface area contributed by atoms with Gasteiger partial charge in [-0.2, -0.15) is 0 Å². The number of benzene rings is 2. The van der Waals surface area contributed by atoms with E-state index in [0.717, 1.165) is 11.1 Å². The van der Waals surface area contributed by atoms with E-state index in [1.165, 1.54) is 7.11 Å². The van der Waals surface area contributed by atoms with Crippen molar-refractivity contribution in [3.8, 4) is 5.75 Å². The van der Waals surface area contributed by atoms with Gasteiger partial charge in [0.1, 0.15) is 5.75 Å². The van der Waals surface area contributed by atoms with Crippen molar-refractivity contribution in [3.63, 3.8) is 0 Å². The molecule has 0 aliphatic carbocycles. The molecule has 3 N–H and O–H groups in total. The fourth-order valence-electron chi connectivity index (χ4n) is 2.27. The number of hydrogen-bond donors (Lipinski definition) is 3. The van der Waals surface area contributed by atoms with Gasteiger partial charge < -0.3 is 10.1 Å². The lowest BCUT2D eigenvalue weighted by Crippen LogP contribution is -2.41. The second-order valence-corrected chi connectivity index (χ2v) is 6.08. The number of carbonyl (C=O) groups excluding carboxylic acids is 3. The maximum Gasteiger partial charge on any atom is 0.269 e. The van der Waals surface area contributed by atoms with E-state index in [4.69, 9.17) is 4.74 Å². The number of rotatable bonds is 6. The third-order valence-electron chi connectivity index (χ3n) is 4.04. The van der Waals surface area contributed by atoms with Crippen molar-refractivity contribution in [1.82, 2.24) is 10.9 Å². The first-order valence-corrected chi connectivity index (χ1v) is 8.49. The van der Waals surface area contributed by atoms with Crippen LogP contribution in [0.2, 0.25) is 0 Å². The SMILES string of the molecule is COc1ccc(C(=O)NNC(=O)CCC(=O)Nc2ccc(C)c(C)c2)cc1. The monoisotopic (exact) mass is 369 g/mol. The molecule has 0 bridgehead atoms. The first-order valence-electron chi connectivity index (χ1n) is 8.49.